The van der Waals surface area contributed by atoms with Crippen molar-refractivity contribution in [2.75, 3.05) is 47.8 Å². The van der Waals surface area contributed by atoms with Gasteiger partial charge in [-0.05, 0) is 51.2 Å². The van der Waals surface area contributed by atoms with Gasteiger partial charge in [0.2, 0.25) is 5.95 Å². The van der Waals surface area contributed by atoms with E-state index in [4.69, 9.17) is 22.2 Å². The molecule has 0 spiro atoms. The minimum absolute atomic E-state index is 0.583. The average molecular weight is 363 g/mol. The highest BCUT2D eigenvalue weighted by atomic mass is 32.1. The Labute approximate surface area is 156 Å². The molecule has 1 aromatic heterocycles. The molecule has 3 rings (SSSR count). The molecule has 0 unspecified atom stereocenters. The lowest BCUT2D eigenvalue weighted by Gasteiger charge is -2.29. The average Bonchev–Trinajstić information content (AvgIpc) is 2.92. The van der Waals surface area contributed by atoms with Crippen LogP contribution >= 0.6 is 12.2 Å². The number of nitrogens with one attached hydrogen (secondary N) is 2. The second-order valence-electron chi connectivity index (χ2n) is 6.84. The molecule has 6 nitrogen and oxygen atoms in total. The molecule has 2 fully saturated rings. The number of hydrogen-bond acceptors (Lipinski definition) is 5. The van der Waals surface area contributed by atoms with Crippen molar-refractivity contribution in [3.05, 3.63) is 6.07 Å². The van der Waals surface area contributed by atoms with Crippen LogP contribution in [0, 0.1) is 0 Å². The summed E-state index contributed by atoms with van der Waals surface area (Å²) >= 11 is 5.33. The maximum Gasteiger partial charge on any atom is 0.232 e. The van der Waals surface area contributed by atoms with E-state index in [9.17, 15) is 0 Å². The predicted molar refractivity (Wildman–Crippen MR) is 109 cm³/mol. The molecule has 0 amide bonds. The lowest BCUT2D eigenvalue weighted by atomic mass is 10.1. The van der Waals surface area contributed by atoms with Gasteiger partial charge in [0, 0.05) is 38.8 Å². The van der Waals surface area contributed by atoms with Crippen molar-refractivity contribution in [2.45, 2.75) is 51.9 Å². The normalized spacial score (nSPS) is 18.6. The van der Waals surface area contributed by atoms with Crippen molar-refractivity contribution < 1.29 is 0 Å². The van der Waals surface area contributed by atoms with E-state index in [0.717, 1.165) is 44.4 Å². The molecule has 1 aromatic rings. The molecule has 0 aliphatic carbocycles. The zero-order valence-corrected chi connectivity index (χ0v) is 16.1. The van der Waals surface area contributed by atoms with E-state index in [2.05, 4.69) is 26.5 Å². The maximum atomic E-state index is 5.33. The van der Waals surface area contributed by atoms with Crippen molar-refractivity contribution >= 4 is 34.9 Å². The molecule has 138 valence electrons. The van der Waals surface area contributed by atoms with Crippen LogP contribution in [-0.4, -0.2) is 47.8 Å². The fourth-order valence-corrected chi connectivity index (χ4v) is 3.77. The van der Waals surface area contributed by atoms with Gasteiger partial charge in [-0.3, -0.25) is 0 Å². The van der Waals surface area contributed by atoms with E-state index in [0.29, 0.717) is 11.1 Å². The molecule has 0 saturated carbocycles. The van der Waals surface area contributed by atoms with Gasteiger partial charge in [0.05, 0.1) is 0 Å². The standard InChI is InChI=1S/C18H30N6S/c1-2-19-18(25)22-17-20-15(23-10-6-3-4-7-11-23)14-16(21-17)24-12-8-5-9-13-24/h14H,2-13H2,1H3,(H2,19,20,21,22,25). The lowest BCUT2D eigenvalue weighted by molar-refractivity contribution is 0.573. The summed E-state index contributed by atoms with van der Waals surface area (Å²) in [5, 5.41) is 6.86. The third-order valence-corrected chi connectivity index (χ3v) is 5.12. The maximum absolute atomic E-state index is 5.33. The van der Waals surface area contributed by atoms with Crippen molar-refractivity contribution in [1.29, 1.82) is 0 Å². The number of anilines is 3. The second-order valence-corrected chi connectivity index (χ2v) is 7.25. The van der Waals surface area contributed by atoms with Gasteiger partial charge in [-0.1, -0.05) is 12.8 Å². The summed E-state index contributed by atoms with van der Waals surface area (Å²) < 4.78 is 0. The first-order valence-corrected chi connectivity index (χ1v) is 10.1. The van der Waals surface area contributed by atoms with Gasteiger partial charge in [0.15, 0.2) is 5.11 Å². The van der Waals surface area contributed by atoms with Crippen LogP contribution in [0.2, 0.25) is 0 Å². The van der Waals surface area contributed by atoms with E-state index in [1.165, 1.54) is 44.9 Å². The number of piperidine rings is 1. The lowest BCUT2D eigenvalue weighted by Crippen LogP contribution is -2.33. The van der Waals surface area contributed by atoms with Crippen LogP contribution in [-0.2, 0) is 0 Å². The number of thiocarbonyl (C=S) groups is 1. The van der Waals surface area contributed by atoms with Crippen LogP contribution < -0.4 is 20.4 Å². The van der Waals surface area contributed by atoms with Gasteiger partial charge in [-0.25, -0.2) is 0 Å². The quantitative estimate of drug-likeness (QED) is 0.798. The van der Waals surface area contributed by atoms with Crippen LogP contribution in [0.1, 0.15) is 51.9 Å². The molecule has 7 heteroatoms. The van der Waals surface area contributed by atoms with Crippen LogP contribution in [0.3, 0.4) is 0 Å². The summed E-state index contributed by atoms with van der Waals surface area (Å²) in [4.78, 5) is 14.3. The molecule has 0 aromatic carbocycles. The summed E-state index contributed by atoms with van der Waals surface area (Å²) in [6, 6.07) is 2.16. The van der Waals surface area contributed by atoms with E-state index in [1.54, 1.807) is 0 Å². The SMILES string of the molecule is CCNC(=S)Nc1nc(N2CCCCCC2)cc(N2CCCCC2)n1. The first-order valence-electron chi connectivity index (χ1n) is 9.70. The van der Waals surface area contributed by atoms with E-state index >= 15 is 0 Å². The Morgan fingerprint density at radius 1 is 0.920 bits per heavy atom. The van der Waals surface area contributed by atoms with Crippen molar-refractivity contribution in [3.8, 4) is 0 Å². The molecular weight excluding hydrogens is 332 g/mol. The van der Waals surface area contributed by atoms with E-state index in [-0.39, 0.29) is 0 Å². The summed E-state index contributed by atoms with van der Waals surface area (Å²) in [5.41, 5.74) is 0. The molecule has 3 heterocycles. The van der Waals surface area contributed by atoms with Gasteiger partial charge >= 0.3 is 0 Å². The Kier molecular flexibility index (Phi) is 6.67. The highest BCUT2D eigenvalue weighted by molar-refractivity contribution is 7.80. The van der Waals surface area contributed by atoms with Crippen LogP contribution in [0.15, 0.2) is 6.07 Å². The minimum Gasteiger partial charge on any atom is -0.363 e. The third-order valence-electron chi connectivity index (χ3n) is 4.87. The molecule has 2 N–H and O–H groups in total. The highest BCUT2D eigenvalue weighted by Crippen LogP contribution is 2.25. The van der Waals surface area contributed by atoms with Gasteiger partial charge < -0.3 is 20.4 Å². The first-order chi connectivity index (χ1) is 12.3. The predicted octanol–water partition coefficient (Wildman–Crippen LogP) is 3.15. The van der Waals surface area contributed by atoms with Crippen molar-refractivity contribution in [2.24, 2.45) is 0 Å². The Bertz CT molecular complexity index is 565. The highest BCUT2D eigenvalue weighted by Gasteiger charge is 2.18. The summed E-state index contributed by atoms with van der Waals surface area (Å²) in [5.74, 6) is 2.66. The Balaban J connectivity index is 1.85. The zero-order chi connectivity index (χ0) is 17.5. The molecule has 0 atom stereocenters. The minimum atomic E-state index is 0.583. The Morgan fingerprint density at radius 2 is 1.40 bits per heavy atom. The topological polar surface area (TPSA) is 56.3 Å². The fraction of sp³-hybridized carbons (Fsp3) is 0.722. The summed E-state index contributed by atoms with van der Waals surface area (Å²) in [6.45, 7) is 7.13. The molecule has 25 heavy (non-hydrogen) atoms. The molecule has 0 bridgehead atoms. The molecule has 2 aliphatic rings. The molecule has 2 saturated heterocycles. The van der Waals surface area contributed by atoms with Gasteiger partial charge in [0.25, 0.3) is 0 Å². The summed E-state index contributed by atoms with van der Waals surface area (Å²) in [6.07, 6.45) is 8.90. The zero-order valence-electron chi connectivity index (χ0n) is 15.3. The van der Waals surface area contributed by atoms with Gasteiger partial charge in [-0.15, -0.1) is 0 Å². The Hall–Kier alpha value is -1.63. The van der Waals surface area contributed by atoms with Crippen molar-refractivity contribution in [1.82, 2.24) is 15.3 Å². The van der Waals surface area contributed by atoms with Gasteiger partial charge in [-0.2, -0.15) is 9.97 Å². The smallest absolute Gasteiger partial charge is 0.232 e. The number of rotatable bonds is 4. The van der Waals surface area contributed by atoms with Crippen LogP contribution in [0.4, 0.5) is 17.6 Å². The fourth-order valence-electron chi connectivity index (χ4n) is 3.53. The summed E-state index contributed by atoms with van der Waals surface area (Å²) in [7, 11) is 0. The number of hydrogen-bond donors (Lipinski definition) is 2. The second kappa shape index (κ2) is 9.17. The van der Waals surface area contributed by atoms with Crippen LogP contribution in [0.5, 0.6) is 0 Å². The number of nitrogens with zero attached hydrogens (tertiary/aromatic N) is 4. The molecule has 2 aliphatic heterocycles. The monoisotopic (exact) mass is 362 g/mol. The number of aromatic nitrogens is 2. The van der Waals surface area contributed by atoms with Crippen molar-refractivity contribution in [3.63, 3.8) is 0 Å². The Morgan fingerprint density at radius 3 is 1.88 bits per heavy atom. The van der Waals surface area contributed by atoms with E-state index in [1.807, 2.05) is 6.92 Å². The van der Waals surface area contributed by atoms with Crippen LogP contribution in [0.25, 0.3) is 0 Å². The van der Waals surface area contributed by atoms with Gasteiger partial charge in [0.1, 0.15) is 11.6 Å². The molecular formula is C18H30N6S. The largest absolute Gasteiger partial charge is 0.363 e. The molecule has 0 radical (unpaired) electrons. The first kappa shape index (κ1) is 18.2. The third kappa shape index (κ3) is 5.17. The van der Waals surface area contributed by atoms with E-state index < -0.39 is 0 Å².